The van der Waals surface area contributed by atoms with Crippen LogP contribution in [0.4, 0.5) is 0 Å². The van der Waals surface area contributed by atoms with Crippen molar-refractivity contribution in [3.05, 3.63) is 71.3 Å². The van der Waals surface area contributed by atoms with E-state index in [9.17, 15) is 9.59 Å². The molecule has 4 heteroatoms. The average Bonchev–Trinajstić information content (AvgIpc) is 2.65. The molecule has 2 aromatic carbocycles. The molecule has 1 N–H and O–H groups in total. The molecule has 0 bridgehead atoms. The molecule has 0 unspecified atom stereocenters. The SMILES string of the molecule is CCC(=O)N(Cc1ccc(C)cc1)[C@H](Cc1ccccc1)C(=O)NC. The van der Waals surface area contributed by atoms with E-state index < -0.39 is 6.04 Å². The molecule has 0 aliphatic rings. The quantitative estimate of drug-likeness (QED) is 0.843. The monoisotopic (exact) mass is 338 g/mol. The molecule has 0 aliphatic heterocycles. The molecule has 132 valence electrons. The van der Waals surface area contributed by atoms with Gasteiger partial charge in [-0.25, -0.2) is 0 Å². The molecular weight excluding hydrogens is 312 g/mol. The zero-order valence-electron chi connectivity index (χ0n) is 15.2. The van der Waals surface area contributed by atoms with Gasteiger partial charge in [-0.1, -0.05) is 67.1 Å². The average molecular weight is 338 g/mol. The van der Waals surface area contributed by atoms with Crippen molar-refractivity contribution < 1.29 is 9.59 Å². The number of nitrogens with zero attached hydrogens (tertiary/aromatic N) is 1. The molecule has 0 aromatic heterocycles. The van der Waals surface area contributed by atoms with Gasteiger partial charge in [-0.2, -0.15) is 0 Å². The van der Waals surface area contributed by atoms with Crippen LogP contribution in [-0.2, 0) is 22.6 Å². The standard InChI is InChI=1S/C21H26N2O2/c1-4-20(24)23(15-18-12-10-16(2)11-13-18)19(21(25)22-3)14-17-8-6-5-7-9-17/h5-13,19H,4,14-15H2,1-3H3,(H,22,25)/t19-/m1/s1. The largest absolute Gasteiger partial charge is 0.357 e. The summed E-state index contributed by atoms with van der Waals surface area (Å²) in [4.78, 5) is 26.8. The first kappa shape index (κ1) is 18.7. The van der Waals surface area contributed by atoms with Crippen molar-refractivity contribution in [3.8, 4) is 0 Å². The first-order chi connectivity index (χ1) is 12.0. The molecular formula is C21H26N2O2. The first-order valence-corrected chi connectivity index (χ1v) is 8.65. The molecule has 0 saturated heterocycles. The molecule has 0 radical (unpaired) electrons. The maximum absolute atomic E-state index is 12.6. The lowest BCUT2D eigenvalue weighted by Gasteiger charge is -2.31. The summed E-state index contributed by atoms with van der Waals surface area (Å²) in [6, 6.07) is 17.3. The zero-order chi connectivity index (χ0) is 18.2. The van der Waals surface area contributed by atoms with Gasteiger partial charge in [-0.05, 0) is 18.1 Å². The number of amides is 2. The second kappa shape index (κ2) is 9.02. The molecule has 0 heterocycles. The van der Waals surface area contributed by atoms with E-state index in [1.54, 1.807) is 11.9 Å². The second-order valence-corrected chi connectivity index (χ2v) is 6.18. The predicted octanol–water partition coefficient (Wildman–Crippen LogP) is 3.09. The number of carbonyl (C=O) groups excluding carboxylic acids is 2. The van der Waals surface area contributed by atoms with Crippen LogP contribution < -0.4 is 5.32 Å². The summed E-state index contributed by atoms with van der Waals surface area (Å²) in [5.41, 5.74) is 3.23. The lowest BCUT2D eigenvalue weighted by molar-refractivity contribution is -0.140. The maximum Gasteiger partial charge on any atom is 0.242 e. The van der Waals surface area contributed by atoms with Gasteiger partial charge >= 0.3 is 0 Å². The maximum atomic E-state index is 12.6. The number of hydrogen-bond acceptors (Lipinski definition) is 2. The van der Waals surface area contributed by atoms with E-state index >= 15 is 0 Å². The fourth-order valence-electron chi connectivity index (χ4n) is 2.81. The normalized spacial score (nSPS) is 11.6. The molecule has 1 atom stereocenters. The van der Waals surface area contributed by atoms with Crippen LogP contribution in [0.15, 0.2) is 54.6 Å². The molecule has 2 amide bonds. The molecule has 25 heavy (non-hydrogen) atoms. The number of hydrogen-bond donors (Lipinski definition) is 1. The third-order valence-corrected chi connectivity index (χ3v) is 4.29. The van der Waals surface area contributed by atoms with Crippen molar-refractivity contribution in [2.45, 2.75) is 39.3 Å². The lowest BCUT2D eigenvalue weighted by Crippen LogP contribution is -2.49. The fraction of sp³-hybridized carbons (Fsp3) is 0.333. The molecule has 0 saturated carbocycles. The van der Waals surface area contributed by atoms with E-state index in [0.717, 1.165) is 11.1 Å². The van der Waals surface area contributed by atoms with E-state index in [-0.39, 0.29) is 11.8 Å². The smallest absolute Gasteiger partial charge is 0.242 e. The molecule has 2 rings (SSSR count). The Morgan fingerprint density at radius 2 is 1.64 bits per heavy atom. The summed E-state index contributed by atoms with van der Waals surface area (Å²) in [7, 11) is 1.61. The number of aryl methyl sites for hydroxylation is 1. The van der Waals surface area contributed by atoms with E-state index in [0.29, 0.717) is 19.4 Å². The minimum Gasteiger partial charge on any atom is -0.357 e. The van der Waals surface area contributed by atoms with Crippen LogP contribution in [0.25, 0.3) is 0 Å². The van der Waals surface area contributed by atoms with Gasteiger partial charge in [0, 0.05) is 26.4 Å². The van der Waals surface area contributed by atoms with Gasteiger partial charge in [0.1, 0.15) is 6.04 Å². The van der Waals surface area contributed by atoms with Crippen LogP contribution in [0, 0.1) is 6.92 Å². The molecule has 0 aliphatic carbocycles. The van der Waals surface area contributed by atoms with Crippen LogP contribution in [0.1, 0.15) is 30.0 Å². The van der Waals surface area contributed by atoms with Crippen LogP contribution in [-0.4, -0.2) is 29.8 Å². The minimum atomic E-state index is -0.527. The highest BCUT2D eigenvalue weighted by Gasteiger charge is 2.28. The van der Waals surface area contributed by atoms with E-state index in [1.165, 1.54) is 5.56 Å². The Balaban J connectivity index is 2.30. The van der Waals surface area contributed by atoms with Crippen molar-refractivity contribution >= 4 is 11.8 Å². The van der Waals surface area contributed by atoms with Gasteiger partial charge < -0.3 is 10.2 Å². The Morgan fingerprint density at radius 1 is 1.00 bits per heavy atom. The second-order valence-electron chi connectivity index (χ2n) is 6.18. The van der Waals surface area contributed by atoms with Gasteiger partial charge in [0.25, 0.3) is 0 Å². The van der Waals surface area contributed by atoms with Gasteiger partial charge in [0.15, 0.2) is 0 Å². The third kappa shape index (κ3) is 5.18. The first-order valence-electron chi connectivity index (χ1n) is 8.65. The van der Waals surface area contributed by atoms with Crippen molar-refractivity contribution in [1.82, 2.24) is 10.2 Å². The van der Waals surface area contributed by atoms with Gasteiger partial charge in [0.2, 0.25) is 11.8 Å². The number of likely N-dealkylation sites (N-methyl/N-ethyl adjacent to an activating group) is 1. The Bertz CT molecular complexity index is 696. The summed E-state index contributed by atoms with van der Waals surface area (Å²) in [5.74, 6) is -0.164. The van der Waals surface area contributed by atoms with Crippen molar-refractivity contribution in [2.75, 3.05) is 7.05 Å². The highest BCUT2D eigenvalue weighted by molar-refractivity contribution is 5.87. The summed E-state index contributed by atoms with van der Waals surface area (Å²) in [5, 5.41) is 2.71. The Morgan fingerprint density at radius 3 is 2.20 bits per heavy atom. The van der Waals surface area contributed by atoms with E-state index in [2.05, 4.69) is 5.32 Å². The highest BCUT2D eigenvalue weighted by atomic mass is 16.2. The van der Waals surface area contributed by atoms with E-state index in [4.69, 9.17) is 0 Å². The number of carbonyl (C=O) groups is 2. The summed E-state index contributed by atoms with van der Waals surface area (Å²) < 4.78 is 0. The summed E-state index contributed by atoms with van der Waals surface area (Å²) in [6.07, 6.45) is 0.867. The van der Waals surface area contributed by atoms with Crippen LogP contribution in [0.5, 0.6) is 0 Å². The van der Waals surface area contributed by atoms with Gasteiger partial charge in [-0.15, -0.1) is 0 Å². The summed E-state index contributed by atoms with van der Waals surface area (Å²) >= 11 is 0. The predicted molar refractivity (Wildman–Crippen MR) is 100 cm³/mol. The fourth-order valence-corrected chi connectivity index (χ4v) is 2.81. The topological polar surface area (TPSA) is 49.4 Å². The van der Waals surface area contributed by atoms with Gasteiger partial charge in [0.05, 0.1) is 0 Å². The minimum absolute atomic E-state index is 0.0230. The number of rotatable bonds is 7. The molecule has 2 aromatic rings. The molecule has 0 spiro atoms. The Kier molecular flexibility index (Phi) is 6.75. The Labute approximate surface area is 149 Å². The number of nitrogens with one attached hydrogen (secondary N) is 1. The highest BCUT2D eigenvalue weighted by Crippen LogP contribution is 2.16. The van der Waals surface area contributed by atoms with Crippen molar-refractivity contribution in [2.24, 2.45) is 0 Å². The lowest BCUT2D eigenvalue weighted by atomic mass is 10.0. The third-order valence-electron chi connectivity index (χ3n) is 4.29. The zero-order valence-corrected chi connectivity index (χ0v) is 15.2. The Hall–Kier alpha value is -2.62. The summed E-state index contributed by atoms with van der Waals surface area (Å²) in [6.45, 7) is 4.28. The van der Waals surface area contributed by atoms with Crippen LogP contribution in [0.2, 0.25) is 0 Å². The van der Waals surface area contributed by atoms with E-state index in [1.807, 2.05) is 68.4 Å². The van der Waals surface area contributed by atoms with Crippen molar-refractivity contribution in [3.63, 3.8) is 0 Å². The van der Waals surface area contributed by atoms with Crippen LogP contribution in [0.3, 0.4) is 0 Å². The molecule has 0 fully saturated rings. The van der Waals surface area contributed by atoms with Crippen molar-refractivity contribution in [1.29, 1.82) is 0 Å². The number of benzene rings is 2. The molecule has 4 nitrogen and oxygen atoms in total. The van der Waals surface area contributed by atoms with Crippen LogP contribution >= 0.6 is 0 Å². The van der Waals surface area contributed by atoms with Gasteiger partial charge in [-0.3, -0.25) is 9.59 Å².